The van der Waals surface area contributed by atoms with Crippen molar-refractivity contribution in [1.82, 2.24) is 20.0 Å². The van der Waals surface area contributed by atoms with Gasteiger partial charge in [-0.1, -0.05) is 43.5 Å². The third-order valence-electron chi connectivity index (χ3n) is 6.56. The molecule has 1 aliphatic rings. The van der Waals surface area contributed by atoms with Crippen LogP contribution in [0.15, 0.2) is 54.7 Å². The number of amides is 2. The van der Waals surface area contributed by atoms with Gasteiger partial charge in [-0.05, 0) is 56.5 Å². The van der Waals surface area contributed by atoms with Gasteiger partial charge in [0.2, 0.25) is 5.91 Å². The Bertz CT molecular complexity index is 1160. The lowest BCUT2D eigenvalue weighted by atomic mass is 9.95. The SMILES string of the molecule is CCCCCNC(=O)C1CCN(C(=O)c2cn(-c3ccc(F)cc3)nc2-c2cccc(C)c2)CC1. The Kier molecular flexibility index (Phi) is 7.95. The maximum absolute atomic E-state index is 13.6. The van der Waals surface area contributed by atoms with E-state index in [1.807, 2.05) is 36.1 Å². The molecule has 2 heterocycles. The predicted molar refractivity (Wildman–Crippen MR) is 135 cm³/mol. The van der Waals surface area contributed by atoms with E-state index in [4.69, 9.17) is 5.10 Å². The number of halogens is 1. The molecule has 4 rings (SSSR count). The first-order chi connectivity index (χ1) is 17.0. The molecule has 1 N–H and O–H groups in total. The maximum atomic E-state index is 13.6. The van der Waals surface area contributed by atoms with Crippen LogP contribution in [-0.4, -0.2) is 46.1 Å². The van der Waals surface area contributed by atoms with Crippen molar-refractivity contribution in [3.05, 3.63) is 71.7 Å². The standard InChI is InChI=1S/C28H33FN4O2/c1-3-4-5-15-30-27(34)21-13-16-32(17-14-21)28(35)25-19-33(24-11-9-23(29)10-12-24)31-26(25)22-8-6-7-20(2)18-22/h6-12,18-19,21H,3-5,13-17H2,1-2H3,(H,30,34). The minimum absolute atomic E-state index is 0.0566. The molecule has 35 heavy (non-hydrogen) atoms. The van der Waals surface area contributed by atoms with Gasteiger partial charge in [-0.25, -0.2) is 9.07 Å². The van der Waals surface area contributed by atoms with Crippen LogP contribution in [0.5, 0.6) is 0 Å². The number of benzene rings is 2. The van der Waals surface area contributed by atoms with Crippen molar-refractivity contribution in [2.75, 3.05) is 19.6 Å². The van der Waals surface area contributed by atoms with Gasteiger partial charge in [0.1, 0.15) is 11.5 Å². The highest BCUT2D eigenvalue weighted by Gasteiger charge is 2.30. The van der Waals surface area contributed by atoms with Crippen molar-refractivity contribution < 1.29 is 14.0 Å². The van der Waals surface area contributed by atoms with Crippen molar-refractivity contribution in [2.24, 2.45) is 5.92 Å². The first kappa shape index (κ1) is 24.6. The zero-order valence-corrected chi connectivity index (χ0v) is 20.5. The van der Waals surface area contributed by atoms with Crippen LogP contribution < -0.4 is 5.32 Å². The van der Waals surface area contributed by atoms with Crippen LogP contribution in [-0.2, 0) is 4.79 Å². The average molecular weight is 477 g/mol. The number of likely N-dealkylation sites (tertiary alicyclic amines) is 1. The topological polar surface area (TPSA) is 67.2 Å². The molecule has 0 saturated carbocycles. The van der Waals surface area contributed by atoms with Crippen LogP contribution in [0.4, 0.5) is 4.39 Å². The fourth-order valence-corrected chi connectivity index (χ4v) is 4.51. The lowest BCUT2D eigenvalue weighted by Gasteiger charge is -2.31. The Balaban J connectivity index is 1.52. The van der Waals surface area contributed by atoms with Crippen molar-refractivity contribution in [3.8, 4) is 16.9 Å². The van der Waals surface area contributed by atoms with E-state index in [0.29, 0.717) is 49.4 Å². The zero-order chi connectivity index (χ0) is 24.8. The number of hydrogen-bond acceptors (Lipinski definition) is 3. The number of piperidine rings is 1. The minimum Gasteiger partial charge on any atom is -0.356 e. The summed E-state index contributed by atoms with van der Waals surface area (Å²) in [5.41, 5.74) is 3.71. The number of aromatic nitrogens is 2. The molecule has 0 atom stereocenters. The molecule has 2 aromatic carbocycles. The second kappa shape index (κ2) is 11.3. The Morgan fingerprint density at radius 2 is 1.83 bits per heavy atom. The fourth-order valence-electron chi connectivity index (χ4n) is 4.51. The number of hydrogen-bond donors (Lipinski definition) is 1. The molecule has 0 spiro atoms. The van der Waals surface area contributed by atoms with E-state index in [9.17, 15) is 14.0 Å². The molecule has 6 nitrogen and oxygen atoms in total. The van der Waals surface area contributed by atoms with Crippen LogP contribution in [0.1, 0.15) is 54.9 Å². The summed E-state index contributed by atoms with van der Waals surface area (Å²) in [7, 11) is 0. The van der Waals surface area contributed by atoms with Gasteiger partial charge in [0.25, 0.3) is 5.91 Å². The molecule has 0 unspecified atom stereocenters. The third kappa shape index (κ3) is 5.96. The van der Waals surface area contributed by atoms with E-state index >= 15 is 0 Å². The van der Waals surface area contributed by atoms with Gasteiger partial charge in [-0.15, -0.1) is 0 Å². The van der Waals surface area contributed by atoms with Gasteiger partial charge >= 0.3 is 0 Å². The zero-order valence-electron chi connectivity index (χ0n) is 20.5. The summed E-state index contributed by atoms with van der Waals surface area (Å²) >= 11 is 0. The highest BCUT2D eigenvalue weighted by molar-refractivity contribution is 6.00. The molecule has 2 amide bonds. The quantitative estimate of drug-likeness (QED) is 0.458. The molecule has 1 aliphatic heterocycles. The minimum atomic E-state index is -0.326. The molecule has 7 heteroatoms. The van der Waals surface area contributed by atoms with Gasteiger partial charge in [0.15, 0.2) is 0 Å². The first-order valence-electron chi connectivity index (χ1n) is 12.5. The number of nitrogens with one attached hydrogen (secondary N) is 1. The van der Waals surface area contributed by atoms with Crippen LogP contribution in [0.3, 0.4) is 0 Å². The highest BCUT2D eigenvalue weighted by atomic mass is 19.1. The molecular weight excluding hydrogens is 443 g/mol. The summed E-state index contributed by atoms with van der Waals surface area (Å²) in [6.07, 6.45) is 6.26. The number of rotatable bonds is 8. The molecule has 184 valence electrons. The molecule has 1 saturated heterocycles. The van der Waals surface area contributed by atoms with Gasteiger partial charge in [0, 0.05) is 37.3 Å². The summed E-state index contributed by atoms with van der Waals surface area (Å²) in [6, 6.07) is 13.9. The molecule has 0 bridgehead atoms. The van der Waals surface area contributed by atoms with Crippen LogP contribution in [0.2, 0.25) is 0 Å². The monoisotopic (exact) mass is 476 g/mol. The van der Waals surface area contributed by atoms with E-state index < -0.39 is 0 Å². The van der Waals surface area contributed by atoms with Gasteiger partial charge < -0.3 is 10.2 Å². The largest absolute Gasteiger partial charge is 0.356 e. The molecule has 1 aromatic heterocycles. The number of carbonyl (C=O) groups is 2. The summed E-state index contributed by atoms with van der Waals surface area (Å²) in [5, 5.41) is 7.75. The Labute approximate surface area is 206 Å². The lowest BCUT2D eigenvalue weighted by molar-refractivity contribution is -0.126. The second-order valence-electron chi connectivity index (χ2n) is 9.25. The normalized spacial score (nSPS) is 14.2. The predicted octanol–water partition coefficient (Wildman–Crippen LogP) is 5.15. The van der Waals surface area contributed by atoms with Crippen molar-refractivity contribution in [2.45, 2.75) is 46.0 Å². The van der Waals surface area contributed by atoms with Gasteiger partial charge in [-0.2, -0.15) is 5.10 Å². The number of nitrogens with zero attached hydrogens (tertiary/aromatic N) is 3. The second-order valence-corrected chi connectivity index (χ2v) is 9.25. The highest BCUT2D eigenvalue weighted by Crippen LogP contribution is 2.28. The van der Waals surface area contributed by atoms with E-state index in [2.05, 4.69) is 12.2 Å². The summed E-state index contributed by atoms with van der Waals surface area (Å²) in [5.74, 6) is -0.387. The van der Waals surface area contributed by atoms with Crippen molar-refractivity contribution >= 4 is 11.8 Å². The fraction of sp³-hybridized carbons (Fsp3) is 0.393. The average Bonchev–Trinajstić information content (AvgIpc) is 3.32. The molecule has 0 radical (unpaired) electrons. The lowest BCUT2D eigenvalue weighted by Crippen LogP contribution is -2.43. The molecule has 3 aromatic rings. The van der Waals surface area contributed by atoms with Crippen LogP contribution >= 0.6 is 0 Å². The van der Waals surface area contributed by atoms with Crippen LogP contribution in [0, 0.1) is 18.7 Å². The third-order valence-corrected chi connectivity index (χ3v) is 6.56. The smallest absolute Gasteiger partial charge is 0.257 e. The van der Waals surface area contributed by atoms with E-state index in [0.717, 1.165) is 30.4 Å². The Morgan fingerprint density at radius 1 is 1.09 bits per heavy atom. The van der Waals surface area contributed by atoms with Crippen molar-refractivity contribution in [3.63, 3.8) is 0 Å². The Hall–Kier alpha value is -3.48. The van der Waals surface area contributed by atoms with Crippen LogP contribution in [0.25, 0.3) is 16.9 Å². The van der Waals surface area contributed by atoms with E-state index in [1.165, 1.54) is 12.1 Å². The first-order valence-corrected chi connectivity index (χ1v) is 12.5. The van der Waals surface area contributed by atoms with Crippen molar-refractivity contribution in [1.29, 1.82) is 0 Å². The molecule has 1 fully saturated rings. The van der Waals surface area contributed by atoms with E-state index in [-0.39, 0.29) is 23.5 Å². The van der Waals surface area contributed by atoms with Gasteiger partial charge in [0.05, 0.1) is 11.3 Å². The molecule has 0 aliphatic carbocycles. The summed E-state index contributed by atoms with van der Waals surface area (Å²) in [4.78, 5) is 27.9. The summed E-state index contributed by atoms with van der Waals surface area (Å²) in [6.45, 7) is 5.91. The Morgan fingerprint density at radius 3 is 2.51 bits per heavy atom. The summed E-state index contributed by atoms with van der Waals surface area (Å²) < 4.78 is 15.1. The molecular formula is C28H33FN4O2. The number of unbranched alkanes of at least 4 members (excludes halogenated alkanes) is 2. The number of aryl methyl sites for hydroxylation is 1. The van der Waals surface area contributed by atoms with Gasteiger partial charge in [-0.3, -0.25) is 9.59 Å². The maximum Gasteiger partial charge on any atom is 0.257 e. The number of carbonyl (C=O) groups excluding carboxylic acids is 2. The van der Waals surface area contributed by atoms with E-state index in [1.54, 1.807) is 23.0 Å².